The van der Waals surface area contributed by atoms with Gasteiger partial charge in [-0.1, -0.05) is 47.6 Å². The number of halogens is 1. The van der Waals surface area contributed by atoms with Crippen molar-refractivity contribution in [2.45, 2.75) is 24.8 Å². The van der Waals surface area contributed by atoms with Crippen LogP contribution in [0.1, 0.15) is 29.3 Å². The van der Waals surface area contributed by atoms with Crippen LogP contribution in [0.5, 0.6) is 0 Å². The highest BCUT2D eigenvalue weighted by molar-refractivity contribution is 5.87. The van der Waals surface area contributed by atoms with Gasteiger partial charge in [0.05, 0.1) is 12.0 Å². The van der Waals surface area contributed by atoms with Crippen molar-refractivity contribution in [3.63, 3.8) is 0 Å². The molecule has 1 saturated heterocycles. The van der Waals surface area contributed by atoms with Crippen LogP contribution in [0.15, 0.2) is 59.1 Å². The van der Waals surface area contributed by atoms with Gasteiger partial charge in [0.1, 0.15) is 5.82 Å². The van der Waals surface area contributed by atoms with E-state index in [4.69, 9.17) is 10.3 Å². The molecule has 6 nitrogen and oxygen atoms in total. The van der Waals surface area contributed by atoms with Gasteiger partial charge in [0.15, 0.2) is 5.82 Å². The van der Waals surface area contributed by atoms with E-state index in [1.807, 2.05) is 30.3 Å². The highest BCUT2D eigenvalue weighted by Gasteiger charge is 2.44. The molecule has 4 rings (SSSR count). The Balaban J connectivity index is 1.43. The Bertz CT molecular complexity index is 958. The van der Waals surface area contributed by atoms with Crippen molar-refractivity contribution >= 4 is 5.91 Å². The summed E-state index contributed by atoms with van der Waals surface area (Å²) in [6.07, 6.45) is 1.13. The number of carbonyl (C=O) groups excluding carboxylic acids is 1. The van der Waals surface area contributed by atoms with E-state index in [-0.39, 0.29) is 11.7 Å². The molecule has 1 atom stereocenters. The number of hydrogen-bond acceptors (Lipinski definition) is 5. The Morgan fingerprint density at radius 2 is 1.93 bits per heavy atom. The zero-order chi connectivity index (χ0) is 19.6. The van der Waals surface area contributed by atoms with Gasteiger partial charge in [-0.2, -0.15) is 4.98 Å². The predicted molar refractivity (Wildman–Crippen MR) is 101 cm³/mol. The molecule has 2 N–H and O–H groups in total. The molecule has 7 heteroatoms. The average Bonchev–Trinajstić information content (AvgIpc) is 3.32. The van der Waals surface area contributed by atoms with E-state index in [0.717, 1.165) is 11.1 Å². The lowest BCUT2D eigenvalue weighted by Crippen LogP contribution is -2.43. The fraction of sp³-hybridized carbons (Fsp3) is 0.286. The Hall–Kier alpha value is -3.06. The molecule has 1 fully saturated rings. The van der Waals surface area contributed by atoms with Crippen LogP contribution in [0.2, 0.25) is 0 Å². The molecule has 0 spiro atoms. The number of nitrogens with two attached hydrogens (primary N) is 1. The zero-order valence-corrected chi connectivity index (χ0v) is 15.3. The number of carbonyl (C=O) groups is 1. The summed E-state index contributed by atoms with van der Waals surface area (Å²) >= 11 is 0. The quantitative estimate of drug-likeness (QED) is 0.710. The first-order chi connectivity index (χ1) is 13.5. The Labute approximate surface area is 162 Å². The van der Waals surface area contributed by atoms with Crippen molar-refractivity contribution < 1.29 is 13.7 Å². The molecule has 2 aromatic carbocycles. The molecule has 0 radical (unpaired) electrons. The van der Waals surface area contributed by atoms with E-state index in [2.05, 4.69) is 15.0 Å². The lowest BCUT2D eigenvalue weighted by atomic mass is 9.79. The van der Waals surface area contributed by atoms with Gasteiger partial charge in [-0.15, -0.1) is 0 Å². The van der Waals surface area contributed by atoms with Gasteiger partial charge in [0, 0.05) is 19.5 Å². The number of hydrogen-bond donors (Lipinski definition) is 1. The van der Waals surface area contributed by atoms with Gasteiger partial charge in [0.2, 0.25) is 11.8 Å². The first-order valence-corrected chi connectivity index (χ1v) is 9.19. The van der Waals surface area contributed by atoms with Gasteiger partial charge in [-0.05, 0) is 29.7 Å². The van der Waals surface area contributed by atoms with Crippen molar-refractivity contribution in [1.82, 2.24) is 15.0 Å². The molecular weight excluding hydrogens is 359 g/mol. The minimum Gasteiger partial charge on any atom is -0.369 e. The van der Waals surface area contributed by atoms with Gasteiger partial charge >= 0.3 is 0 Å². The Kier molecular flexibility index (Phi) is 4.92. The lowest BCUT2D eigenvalue weighted by molar-refractivity contribution is -0.123. The Morgan fingerprint density at radius 1 is 1.18 bits per heavy atom. The maximum atomic E-state index is 13.0. The standard InChI is InChI=1S/C21H21FN4O2/c22-17-8-6-15(7-9-17)12-18-24-19(28-25-18)13-26-11-10-21(14-26,20(23)27)16-4-2-1-3-5-16/h1-9H,10-14H2,(H2,23,27). The monoisotopic (exact) mass is 380 g/mol. The smallest absolute Gasteiger partial charge is 0.240 e. The van der Waals surface area contributed by atoms with E-state index in [1.165, 1.54) is 12.1 Å². The van der Waals surface area contributed by atoms with Gasteiger partial charge in [0.25, 0.3) is 0 Å². The molecule has 1 unspecified atom stereocenters. The summed E-state index contributed by atoms with van der Waals surface area (Å²) in [4.78, 5) is 18.8. The summed E-state index contributed by atoms with van der Waals surface area (Å²) in [7, 11) is 0. The summed E-state index contributed by atoms with van der Waals surface area (Å²) in [6.45, 7) is 1.69. The third kappa shape index (κ3) is 3.66. The summed E-state index contributed by atoms with van der Waals surface area (Å²) in [6, 6.07) is 15.9. The number of aromatic nitrogens is 2. The maximum absolute atomic E-state index is 13.0. The van der Waals surface area contributed by atoms with Crippen molar-refractivity contribution in [2.75, 3.05) is 13.1 Å². The molecule has 28 heavy (non-hydrogen) atoms. The minimum absolute atomic E-state index is 0.275. The van der Waals surface area contributed by atoms with E-state index in [9.17, 15) is 9.18 Å². The molecule has 0 bridgehead atoms. The topological polar surface area (TPSA) is 85.3 Å². The molecule has 2 heterocycles. The lowest BCUT2D eigenvalue weighted by Gasteiger charge is -2.26. The zero-order valence-electron chi connectivity index (χ0n) is 15.3. The van der Waals surface area contributed by atoms with E-state index in [0.29, 0.717) is 44.2 Å². The highest BCUT2D eigenvalue weighted by atomic mass is 19.1. The van der Waals surface area contributed by atoms with Gasteiger partial charge in [-0.3, -0.25) is 9.69 Å². The predicted octanol–water partition coefficient (Wildman–Crippen LogP) is 2.43. The fourth-order valence-electron chi connectivity index (χ4n) is 3.76. The number of nitrogens with zero attached hydrogens (tertiary/aromatic N) is 3. The molecule has 0 saturated carbocycles. The molecule has 0 aliphatic carbocycles. The van der Waals surface area contributed by atoms with Crippen molar-refractivity contribution in [2.24, 2.45) is 5.73 Å². The third-order valence-electron chi connectivity index (χ3n) is 5.29. The largest absolute Gasteiger partial charge is 0.369 e. The van der Waals surface area contributed by atoms with Crippen molar-refractivity contribution in [1.29, 1.82) is 0 Å². The molecule has 144 valence electrons. The second-order valence-electron chi connectivity index (χ2n) is 7.18. The maximum Gasteiger partial charge on any atom is 0.240 e. The first kappa shape index (κ1) is 18.3. The van der Waals surface area contributed by atoms with Gasteiger partial charge in [-0.25, -0.2) is 4.39 Å². The van der Waals surface area contributed by atoms with Gasteiger partial charge < -0.3 is 10.3 Å². The number of amides is 1. The molecule has 3 aromatic rings. The first-order valence-electron chi connectivity index (χ1n) is 9.19. The summed E-state index contributed by atoms with van der Waals surface area (Å²) in [5.74, 6) is 0.446. The van der Waals surface area contributed by atoms with Crippen LogP contribution in [0.4, 0.5) is 4.39 Å². The van der Waals surface area contributed by atoms with Crippen molar-refractivity contribution in [3.05, 3.63) is 83.3 Å². The number of rotatable bonds is 6. The third-order valence-corrected chi connectivity index (χ3v) is 5.29. The second-order valence-corrected chi connectivity index (χ2v) is 7.18. The van der Waals surface area contributed by atoms with Crippen LogP contribution in [0, 0.1) is 5.82 Å². The van der Waals surface area contributed by atoms with Crippen LogP contribution >= 0.6 is 0 Å². The van der Waals surface area contributed by atoms with Crippen LogP contribution in [0.25, 0.3) is 0 Å². The fourth-order valence-corrected chi connectivity index (χ4v) is 3.76. The van der Waals surface area contributed by atoms with Crippen molar-refractivity contribution in [3.8, 4) is 0 Å². The summed E-state index contributed by atoms with van der Waals surface area (Å²) in [5, 5.41) is 4.01. The molecule has 1 aromatic heterocycles. The number of likely N-dealkylation sites (tertiary alicyclic amines) is 1. The number of primary amides is 1. The van der Waals surface area contributed by atoms with Crippen LogP contribution in [-0.4, -0.2) is 34.0 Å². The molecular formula is C21H21FN4O2. The van der Waals surface area contributed by atoms with E-state index < -0.39 is 5.41 Å². The second kappa shape index (κ2) is 7.52. The van der Waals surface area contributed by atoms with E-state index >= 15 is 0 Å². The average molecular weight is 380 g/mol. The van der Waals surface area contributed by atoms with Crippen LogP contribution < -0.4 is 5.73 Å². The normalized spacial score (nSPS) is 19.8. The summed E-state index contributed by atoms with van der Waals surface area (Å²) < 4.78 is 18.4. The molecule has 1 amide bonds. The molecule has 1 aliphatic rings. The highest BCUT2D eigenvalue weighted by Crippen LogP contribution is 2.35. The Morgan fingerprint density at radius 3 is 2.64 bits per heavy atom. The SMILES string of the molecule is NC(=O)C1(c2ccccc2)CCN(Cc2nc(Cc3ccc(F)cc3)no2)C1. The van der Waals surface area contributed by atoms with E-state index in [1.54, 1.807) is 12.1 Å². The minimum atomic E-state index is -0.696. The van der Waals surface area contributed by atoms with Crippen LogP contribution in [0.3, 0.4) is 0 Å². The summed E-state index contributed by atoms with van der Waals surface area (Å²) in [5.41, 5.74) is 6.93. The van der Waals surface area contributed by atoms with Crippen LogP contribution in [-0.2, 0) is 23.2 Å². The molecule has 1 aliphatic heterocycles. The number of benzene rings is 2.